The van der Waals surface area contributed by atoms with Gasteiger partial charge in [-0.1, -0.05) is 44.2 Å². The van der Waals surface area contributed by atoms with Crippen LogP contribution in [-0.4, -0.2) is 29.8 Å². The topological polar surface area (TPSA) is 58.6 Å². The van der Waals surface area contributed by atoms with E-state index in [0.717, 1.165) is 12.0 Å². The second kappa shape index (κ2) is 5.78. The van der Waals surface area contributed by atoms with E-state index in [-0.39, 0.29) is 29.4 Å². The lowest BCUT2D eigenvalue weighted by Gasteiger charge is -2.59. The summed E-state index contributed by atoms with van der Waals surface area (Å²) in [7, 11) is 1.71. The standard InChI is InChI=1S/C17H25NO3/c1-16(2)14(11-17(16,3)21-4)18-15(20)10-13(19)12-8-6-5-7-9-12/h5-9,13-14,19H,10-11H2,1-4H3,(H,18,20). The predicted molar refractivity (Wildman–Crippen MR) is 81.8 cm³/mol. The summed E-state index contributed by atoms with van der Waals surface area (Å²) >= 11 is 0. The summed E-state index contributed by atoms with van der Waals surface area (Å²) < 4.78 is 5.55. The predicted octanol–water partition coefficient (Wildman–Crippen LogP) is 2.43. The number of ether oxygens (including phenoxy) is 1. The molecule has 1 aliphatic rings. The van der Waals surface area contributed by atoms with Gasteiger partial charge in [-0.05, 0) is 18.9 Å². The summed E-state index contributed by atoms with van der Waals surface area (Å²) in [6, 6.07) is 9.34. The van der Waals surface area contributed by atoms with Crippen molar-refractivity contribution in [3.63, 3.8) is 0 Å². The van der Waals surface area contributed by atoms with Crippen LogP contribution in [0.5, 0.6) is 0 Å². The molecule has 2 N–H and O–H groups in total. The van der Waals surface area contributed by atoms with Gasteiger partial charge < -0.3 is 15.2 Å². The van der Waals surface area contributed by atoms with Crippen molar-refractivity contribution in [3.05, 3.63) is 35.9 Å². The molecule has 1 fully saturated rings. The zero-order valence-corrected chi connectivity index (χ0v) is 13.2. The number of carbonyl (C=O) groups is 1. The molecule has 3 unspecified atom stereocenters. The van der Waals surface area contributed by atoms with Gasteiger partial charge >= 0.3 is 0 Å². The number of methoxy groups -OCH3 is 1. The van der Waals surface area contributed by atoms with Crippen LogP contribution >= 0.6 is 0 Å². The summed E-state index contributed by atoms with van der Waals surface area (Å²) in [5, 5.41) is 13.1. The van der Waals surface area contributed by atoms with Gasteiger partial charge in [0.15, 0.2) is 0 Å². The molecule has 1 amide bonds. The van der Waals surface area contributed by atoms with Gasteiger partial charge in [-0.25, -0.2) is 0 Å². The molecule has 0 aromatic heterocycles. The fourth-order valence-electron chi connectivity index (χ4n) is 2.94. The SMILES string of the molecule is COC1(C)CC(NC(=O)CC(O)c2ccccc2)C1(C)C. The Hall–Kier alpha value is -1.39. The zero-order valence-electron chi connectivity index (χ0n) is 13.2. The molecule has 4 heteroatoms. The number of nitrogens with one attached hydrogen (secondary N) is 1. The highest BCUT2D eigenvalue weighted by molar-refractivity contribution is 5.77. The molecule has 2 rings (SSSR count). The van der Waals surface area contributed by atoms with Crippen LogP contribution in [0.3, 0.4) is 0 Å². The van der Waals surface area contributed by atoms with Crippen LogP contribution < -0.4 is 5.32 Å². The first kappa shape index (κ1) is 16.0. The summed E-state index contributed by atoms with van der Waals surface area (Å²) in [4.78, 5) is 12.1. The third-order valence-corrected chi connectivity index (χ3v) is 5.18. The van der Waals surface area contributed by atoms with Crippen molar-refractivity contribution >= 4 is 5.91 Å². The van der Waals surface area contributed by atoms with Crippen molar-refractivity contribution in [2.75, 3.05) is 7.11 Å². The Morgan fingerprint density at radius 1 is 1.38 bits per heavy atom. The minimum Gasteiger partial charge on any atom is -0.388 e. The van der Waals surface area contributed by atoms with Crippen LogP contribution in [0.15, 0.2) is 30.3 Å². The monoisotopic (exact) mass is 291 g/mol. The van der Waals surface area contributed by atoms with E-state index in [9.17, 15) is 9.90 Å². The van der Waals surface area contributed by atoms with Crippen molar-refractivity contribution in [2.24, 2.45) is 5.41 Å². The molecule has 1 saturated carbocycles. The summed E-state index contributed by atoms with van der Waals surface area (Å²) in [5.41, 5.74) is 0.445. The van der Waals surface area contributed by atoms with E-state index in [1.54, 1.807) is 7.11 Å². The van der Waals surface area contributed by atoms with Crippen molar-refractivity contribution < 1.29 is 14.6 Å². The Labute approximate surface area is 126 Å². The Balaban J connectivity index is 1.89. The van der Waals surface area contributed by atoms with Crippen LogP contribution in [0.25, 0.3) is 0 Å². The molecule has 0 saturated heterocycles. The van der Waals surface area contributed by atoms with Crippen molar-refractivity contribution in [3.8, 4) is 0 Å². The molecule has 0 radical (unpaired) electrons. The van der Waals surface area contributed by atoms with E-state index in [2.05, 4.69) is 26.1 Å². The van der Waals surface area contributed by atoms with Gasteiger partial charge in [-0.3, -0.25) is 4.79 Å². The number of amides is 1. The summed E-state index contributed by atoms with van der Waals surface area (Å²) in [6.07, 6.45) is 0.118. The third kappa shape index (κ3) is 2.97. The quantitative estimate of drug-likeness (QED) is 0.876. The molecule has 0 spiro atoms. The Morgan fingerprint density at radius 2 is 2.00 bits per heavy atom. The van der Waals surface area contributed by atoms with Gasteiger partial charge in [-0.2, -0.15) is 0 Å². The maximum atomic E-state index is 12.1. The highest BCUT2D eigenvalue weighted by atomic mass is 16.5. The van der Waals surface area contributed by atoms with E-state index < -0.39 is 6.10 Å². The number of hydrogen-bond acceptors (Lipinski definition) is 3. The lowest BCUT2D eigenvalue weighted by atomic mass is 9.56. The lowest BCUT2D eigenvalue weighted by molar-refractivity contribution is -0.182. The Bertz CT molecular complexity index is 500. The van der Waals surface area contributed by atoms with Crippen molar-refractivity contribution in [1.29, 1.82) is 0 Å². The number of rotatable bonds is 5. The fourth-order valence-corrected chi connectivity index (χ4v) is 2.94. The van der Waals surface area contributed by atoms with Crippen LogP contribution in [0.1, 0.15) is 45.3 Å². The number of aliphatic hydroxyl groups is 1. The van der Waals surface area contributed by atoms with Gasteiger partial charge in [0, 0.05) is 18.6 Å². The highest BCUT2D eigenvalue weighted by Gasteiger charge is 2.58. The molecule has 1 aromatic rings. The second-order valence-corrected chi connectivity index (χ2v) is 6.61. The van der Waals surface area contributed by atoms with Crippen LogP contribution in [0.2, 0.25) is 0 Å². The molecule has 4 nitrogen and oxygen atoms in total. The molecule has 21 heavy (non-hydrogen) atoms. The molecular weight excluding hydrogens is 266 g/mol. The van der Waals surface area contributed by atoms with Crippen molar-refractivity contribution in [2.45, 2.75) is 51.4 Å². The Morgan fingerprint density at radius 3 is 2.52 bits per heavy atom. The maximum absolute atomic E-state index is 12.1. The lowest BCUT2D eigenvalue weighted by Crippen LogP contribution is -2.68. The van der Waals surface area contributed by atoms with E-state index in [4.69, 9.17) is 4.74 Å². The fraction of sp³-hybridized carbons (Fsp3) is 0.588. The van der Waals surface area contributed by atoms with E-state index >= 15 is 0 Å². The number of hydrogen-bond donors (Lipinski definition) is 2. The largest absolute Gasteiger partial charge is 0.388 e. The molecule has 1 aromatic carbocycles. The van der Waals surface area contributed by atoms with Gasteiger partial charge in [0.2, 0.25) is 5.91 Å². The maximum Gasteiger partial charge on any atom is 0.223 e. The highest BCUT2D eigenvalue weighted by Crippen LogP contribution is 2.51. The molecule has 3 atom stereocenters. The minimum atomic E-state index is -0.761. The number of benzene rings is 1. The van der Waals surface area contributed by atoms with Crippen LogP contribution in [-0.2, 0) is 9.53 Å². The number of aliphatic hydroxyl groups excluding tert-OH is 1. The van der Waals surface area contributed by atoms with E-state index in [1.165, 1.54) is 0 Å². The zero-order chi connectivity index (χ0) is 15.7. The number of carbonyl (C=O) groups excluding carboxylic acids is 1. The smallest absolute Gasteiger partial charge is 0.223 e. The van der Waals surface area contributed by atoms with Crippen LogP contribution in [0, 0.1) is 5.41 Å². The molecule has 116 valence electrons. The Kier molecular flexibility index (Phi) is 4.40. The molecule has 0 aliphatic heterocycles. The first-order chi connectivity index (χ1) is 9.80. The summed E-state index contributed by atoms with van der Waals surface area (Å²) in [6.45, 7) is 6.26. The minimum absolute atomic E-state index is 0.0814. The van der Waals surface area contributed by atoms with Gasteiger partial charge in [-0.15, -0.1) is 0 Å². The van der Waals surface area contributed by atoms with Gasteiger partial charge in [0.1, 0.15) is 0 Å². The normalized spacial score (nSPS) is 28.5. The molecule has 0 bridgehead atoms. The van der Waals surface area contributed by atoms with E-state index in [1.807, 2.05) is 30.3 Å². The summed E-state index contributed by atoms with van der Waals surface area (Å²) in [5.74, 6) is -0.123. The van der Waals surface area contributed by atoms with Gasteiger partial charge in [0.25, 0.3) is 0 Å². The van der Waals surface area contributed by atoms with Crippen LogP contribution in [0.4, 0.5) is 0 Å². The average Bonchev–Trinajstić information content (AvgIpc) is 2.47. The van der Waals surface area contributed by atoms with Gasteiger partial charge in [0.05, 0.1) is 18.1 Å². The third-order valence-electron chi connectivity index (χ3n) is 5.18. The van der Waals surface area contributed by atoms with E-state index in [0.29, 0.717) is 0 Å². The average molecular weight is 291 g/mol. The first-order valence-corrected chi connectivity index (χ1v) is 7.38. The second-order valence-electron chi connectivity index (χ2n) is 6.61. The molecule has 1 aliphatic carbocycles. The van der Waals surface area contributed by atoms with Crippen molar-refractivity contribution in [1.82, 2.24) is 5.32 Å². The molecular formula is C17H25NO3. The molecule has 0 heterocycles. The first-order valence-electron chi connectivity index (χ1n) is 7.38.